The number of hydrogen-bond acceptors (Lipinski definition) is 9. The first-order chi connectivity index (χ1) is 19.3. The first-order valence-electron chi connectivity index (χ1n) is 16.1. The first-order valence-corrected chi connectivity index (χ1v) is 16.1. The number of hydrogen-bond donors (Lipinski definition) is 5. The summed E-state index contributed by atoms with van der Waals surface area (Å²) >= 11 is 0. The minimum Gasteiger partial charge on any atom is -0.393 e. The van der Waals surface area contributed by atoms with Gasteiger partial charge in [-0.2, -0.15) is 0 Å². The van der Waals surface area contributed by atoms with E-state index in [1.54, 1.807) is 0 Å². The lowest BCUT2D eigenvalue weighted by Crippen LogP contribution is -2.62. The zero-order valence-corrected chi connectivity index (χ0v) is 24.9. The Hall–Kier alpha value is -0.620. The minimum absolute atomic E-state index is 0.114. The molecule has 232 valence electrons. The van der Waals surface area contributed by atoms with Crippen molar-refractivity contribution in [2.75, 3.05) is 13.2 Å². The van der Waals surface area contributed by atoms with Gasteiger partial charge in [-0.3, -0.25) is 0 Å². The van der Waals surface area contributed by atoms with Gasteiger partial charge in [0.25, 0.3) is 0 Å². The van der Waals surface area contributed by atoms with Gasteiger partial charge in [-0.15, -0.1) is 0 Å². The Labute approximate surface area is 243 Å². The van der Waals surface area contributed by atoms with Gasteiger partial charge in [0, 0.05) is 29.6 Å². The van der Waals surface area contributed by atoms with Crippen molar-refractivity contribution in [1.82, 2.24) is 0 Å². The van der Waals surface area contributed by atoms with E-state index >= 15 is 0 Å². The molecule has 0 unspecified atom stereocenters. The molecule has 0 aromatic carbocycles. The quantitative estimate of drug-likeness (QED) is 0.313. The highest BCUT2D eigenvalue weighted by Crippen LogP contribution is 2.72. The highest BCUT2D eigenvalue weighted by molar-refractivity contribution is 5.30. The monoisotopic (exact) mass is 578 g/mol. The fraction of sp³-hybridized carbons (Fsp3) is 0.938. The van der Waals surface area contributed by atoms with Crippen LogP contribution in [-0.4, -0.2) is 93.0 Å². The second-order valence-corrected chi connectivity index (χ2v) is 15.2. The molecule has 3 aliphatic heterocycles. The maximum Gasteiger partial charge on any atom is 0.186 e. The smallest absolute Gasteiger partial charge is 0.186 e. The van der Waals surface area contributed by atoms with Gasteiger partial charge in [-0.05, 0) is 62.2 Å². The van der Waals surface area contributed by atoms with Crippen LogP contribution in [0.3, 0.4) is 0 Å². The van der Waals surface area contributed by atoms with Crippen LogP contribution in [0.1, 0.15) is 79.1 Å². The van der Waals surface area contributed by atoms with Crippen LogP contribution in [0.15, 0.2) is 11.6 Å². The van der Waals surface area contributed by atoms with E-state index in [0.717, 1.165) is 38.5 Å². The number of ether oxygens (including phenoxy) is 4. The zero-order chi connectivity index (χ0) is 29.1. The van der Waals surface area contributed by atoms with Crippen molar-refractivity contribution >= 4 is 0 Å². The summed E-state index contributed by atoms with van der Waals surface area (Å²) < 4.78 is 25.3. The van der Waals surface area contributed by atoms with Crippen molar-refractivity contribution < 1.29 is 44.5 Å². The van der Waals surface area contributed by atoms with Crippen LogP contribution in [0, 0.1) is 40.4 Å². The third-order valence-corrected chi connectivity index (χ3v) is 13.4. The molecule has 7 aliphatic rings. The Morgan fingerprint density at radius 3 is 2.46 bits per heavy atom. The third kappa shape index (κ3) is 3.86. The van der Waals surface area contributed by atoms with Gasteiger partial charge >= 0.3 is 0 Å². The molecule has 41 heavy (non-hydrogen) atoms. The van der Waals surface area contributed by atoms with E-state index in [0.29, 0.717) is 31.3 Å². The molecule has 9 nitrogen and oxygen atoms in total. The summed E-state index contributed by atoms with van der Waals surface area (Å²) in [6.07, 6.45) is 2.50. The van der Waals surface area contributed by atoms with Crippen LogP contribution in [0.4, 0.5) is 0 Å². The third-order valence-electron chi connectivity index (χ3n) is 13.4. The average Bonchev–Trinajstić information content (AvgIpc) is 3.29. The predicted molar refractivity (Wildman–Crippen MR) is 147 cm³/mol. The number of aliphatic hydroxyl groups is 5. The molecule has 0 bridgehead atoms. The lowest BCUT2D eigenvalue weighted by atomic mass is 9.45. The van der Waals surface area contributed by atoms with Gasteiger partial charge in [0.15, 0.2) is 12.1 Å². The fourth-order valence-electron chi connectivity index (χ4n) is 10.9. The molecule has 6 fully saturated rings. The largest absolute Gasteiger partial charge is 0.393 e. The van der Waals surface area contributed by atoms with E-state index in [2.05, 4.69) is 33.8 Å². The summed E-state index contributed by atoms with van der Waals surface area (Å²) in [6.45, 7) is 9.43. The van der Waals surface area contributed by atoms with Gasteiger partial charge in [0.1, 0.15) is 23.9 Å². The van der Waals surface area contributed by atoms with Crippen molar-refractivity contribution in [2.45, 2.75) is 133 Å². The molecule has 0 aromatic heterocycles. The molecule has 7 rings (SSSR count). The first kappa shape index (κ1) is 29.1. The lowest BCUT2D eigenvalue weighted by molar-refractivity contribution is -0.300. The number of aliphatic hydroxyl groups excluding tert-OH is 4. The molecule has 5 N–H and O–H groups in total. The molecule has 1 spiro atoms. The number of rotatable bonds is 2. The van der Waals surface area contributed by atoms with E-state index in [-0.39, 0.29) is 41.3 Å². The summed E-state index contributed by atoms with van der Waals surface area (Å²) in [4.78, 5) is 0. The van der Waals surface area contributed by atoms with Crippen molar-refractivity contribution in [2.24, 2.45) is 40.4 Å². The molecule has 9 heteroatoms. The van der Waals surface area contributed by atoms with E-state index < -0.39 is 48.2 Å². The molecule has 3 saturated heterocycles. The Kier molecular flexibility index (Phi) is 6.88. The predicted octanol–water partition coefficient (Wildman–Crippen LogP) is 2.26. The Morgan fingerprint density at radius 2 is 1.73 bits per heavy atom. The number of fused-ring (bicyclic) bond motifs is 7. The zero-order valence-electron chi connectivity index (χ0n) is 24.9. The molecule has 3 heterocycles. The van der Waals surface area contributed by atoms with Gasteiger partial charge < -0.3 is 44.5 Å². The van der Waals surface area contributed by atoms with Crippen molar-refractivity contribution in [1.29, 1.82) is 0 Å². The summed E-state index contributed by atoms with van der Waals surface area (Å²) in [5, 5.41) is 54.3. The molecule has 4 aliphatic carbocycles. The Bertz CT molecular complexity index is 1060. The molecule has 0 aromatic rings. The van der Waals surface area contributed by atoms with Crippen molar-refractivity contribution in [3.63, 3.8) is 0 Å². The van der Waals surface area contributed by atoms with Crippen LogP contribution in [0.2, 0.25) is 0 Å². The molecular weight excluding hydrogens is 528 g/mol. The van der Waals surface area contributed by atoms with Gasteiger partial charge in [-0.25, -0.2) is 0 Å². The van der Waals surface area contributed by atoms with Crippen molar-refractivity contribution in [3.8, 4) is 0 Å². The van der Waals surface area contributed by atoms with Crippen LogP contribution in [-0.2, 0) is 18.9 Å². The highest BCUT2D eigenvalue weighted by atomic mass is 16.7. The van der Waals surface area contributed by atoms with E-state index in [1.807, 2.05) is 0 Å². The van der Waals surface area contributed by atoms with Gasteiger partial charge in [0.05, 0.1) is 31.5 Å². The highest BCUT2D eigenvalue weighted by Gasteiger charge is 2.76. The summed E-state index contributed by atoms with van der Waals surface area (Å²) in [5.41, 5.74) is -0.445. The average molecular weight is 579 g/mol. The molecule has 16 atom stereocenters. The van der Waals surface area contributed by atoms with E-state index in [9.17, 15) is 25.5 Å². The van der Waals surface area contributed by atoms with Crippen LogP contribution >= 0.6 is 0 Å². The Morgan fingerprint density at radius 1 is 0.951 bits per heavy atom. The molecule has 3 saturated carbocycles. The molecule has 0 radical (unpaired) electrons. The SMILES string of the molecule is C[C@H]1CC[C@]2(OC1)O[C@H]1C[C@H]3[C@H]4CC=C5C[C@@H](O)C[C@@H](O[C@@H]6OC[C@@H](O)[C@H](O)[C@H]6O)[C@]5(C)[C@@H]4CC[C@]3(C)[C@]1(O)[C@H]2C. The fourth-order valence-corrected chi connectivity index (χ4v) is 10.9. The van der Waals surface area contributed by atoms with Gasteiger partial charge in [0.2, 0.25) is 0 Å². The normalized spacial score (nSPS) is 60.2. The summed E-state index contributed by atoms with van der Waals surface area (Å²) in [6, 6.07) is 0. The standard InChI is InChI=1S/C32H50O9/c1-16-7-10-31(39-14-16)17(2)32(37)25(41-31)13-22-20-6-5-18-11-19(33)12-24(30(18,4)21(20)8-9-29(22,32)3)40-28-27(36)26(35)23(34)15-38-28/h5,16-17,19-28,33-37H,6-15H2,1-4H3/t16-,17-,19+,20-,21+,22-,23+,24+,25-,26-,27+,28-,29-,30-,31-,32-/m0/s1. The lowest BCUT2D eigenvalue weighted by Gasteiger charge is -2.61. The topological polar surface area (TPSA) is 138 Å². The van der Waals surface area contributed by atoms with Crippen LogP contribution in [0.5, 0.6) is 0 Å². The maximum atomic E-state index is 12.6. The summed E-state index contributed by atoms with van der Waals surface area (Å²) in [7, 11) is 0. The second-order valence-electron chi connectivity index (χ2n) is 15.2. The molecular formula is C32H50O9. The second kappa shape index (κ2) is 9.69. The van der Waals surface area contributed by atoms with E-state index in [1.165, 1.54) is 5.57 Å². The van der Waals surface area contributed by atoms with Crippen molar-refractivity contribution in [3.05, 3.63) is 11.6 Å². The van der Waals surface area contributed by atoms with Crippen LogP contribution < -0.4 is 0 Å². The van der Waals surface area contributed by atoms with Crippen LogP contribution in [0.25, 0.3) is 0 Å². The van der Waals surface area contributed by atoms with E-state index in [4.69, 9.17) is 18.9 Å². The number of allylic oxidation sites excluding steroid dienone is 1. The Balaban J connectivity index is 1.17. The van der Waals surface area contributed by atoms with Gasteiger partial charge in [-0.1, -0.05) is 39.3 Å². The minimum atomic E-state index is -1.37. The summed E-state index contributed by atoms with van der Waals surface area (Å²) in [5.74, 6) is 0.563. The molecule has 0 amide bonds. The maximum absolute atomic E-state index is 12.6.